The molecule has 0 heterocycles. The Morgan fingerprint density at radius 1 is 1.28 bits per heavy atom. The van der Waals surface area contributed by atoms with E-state index in [1.165, 1.54) is 11.1 Å². The van der Waals surface area contributed by atoms with Gasteiger partial charge in [-0.1, -0.05) is 55.3 Å². The number of rotatable bonds is 7. The molecule has 0 aromatic heterocycles. The maximum atomic E-state index is 6.08. The summed E-state index contributed by atoms with van der Waals surface area (Å²) in [5.41, 5.74) is 2.42. The zero-order valence-corrected chi connectivity index (χ0v) is 12.6. The molecule has 18 heavy (non-hydrogen) atoms. The van der Waals surface area contributed by atoms with Crippen molar-refractivity contribution in [2.75, 3.05) is 6.54 Å². The Morgan fingerprint density at radius 2 is 2.00 bits per heavy atom. The summed E-state index contributed by atoms with van der Waals surface area (Å²) < 4.78 is 0. The predicted octanol–water partition coefficient (Wildman–Crippen LogP) is 5.39. The maximum Gasteiger partial charge on any atom is 0.0595 e. The van der Waals surface area contributed by atoms with Gasteiger partial charge < -0.3 is 5.32 Å². The van der Waals surface area contributed by atoms with Gasteiger partial charge >= 0.3 is 0 Å². The molecule has 1 unspecified atom stereocenters. The smallest absolute Gasteiger partial charge is 0.0595 e. The van der Waals surface area contributed by atoms with Crippen LogP contribution in [0.5, 0.6) is 0 Å². The zero-order valence-electron chi connectivity index (χ0n) is 11.1. The van der Waals surface area contributed by atoms with E-state index in [0.717, 1.165) is 25.8 Å². The van der Waals surface area contributed by atoms with E-state index in [4.69, 9.17) is 23.2 Å². The molecule has 0 aliphatic heterocycles. The van der Waals surface area contributed by atoms with E-state index in [1.54, 1.807) is 0 Å². The summed E-state index contributed by atoms with van der Waals surface area (Å²) >= 11 is 12.0. The highest BCUT2D eigenvalue weighted by molar-refractivity contribution is 6.42. The summed E-state index contributed by atoms with van der Waals surface area (Å²) in [7, 11) is 0. The summed E-state index contributed by atoms with van der Waals surface area (Å²) in [5.74, 6) is 0. The standard InChI is InChI=1S/C15H21Cl2N/c1-4-8-18-15(9-11(3)5-2)12-6-7-13(16)14(17)10-12/h6-7,10,15,18H,3-5,8-9H2,1-2H3. The summed E-state index contributed by atoms with van der Waals surface area (Å²) in [6.45, 7) is 9.37. The Balaban J connectivity index is 2.86. The van der Waals surface area contributed by atoms with E-state index in [9.17, 15) is 0 Å². The Hall–Kier alpha value is -0.500. The molecule has 0 bridgehead atoms. The fourth-order valence-corrected chi connectivity index (χ4v) is 2.10. The van der Waals surface area contributed by atoms with E-state index in [1.807, 2.05) is 18.2 Å². The van der Waals surface area contributed by atoms with Gasteiger partial charge in [-0.15, -0.1) is 0 Å². The normalized spacial score (nSPS) is 12.4. The van der Waals surface area contributed by atoms with Crippen molar-refractivity contribution in [2.45, 2.75) is 39.2 Å². The molecule has 1 aromatic carbocycles. The summed E-state index contributed by atoms with van der Waals surface area (Å²) in [6.07, 6.45) is 3.05. The van der Waals surface area contributed by atoms with Gasteiger partial charge in [0.25, 0.3) is 0 Å². The highest BCUT2D eigenvalue weighted by Crippen LogP contribution is 2.28. The van der Waals surface area contributed by atoms with Crippen molar-refractivity contribution in [1.82, 2.24) is 5.32 Å². The third-order valence-electron chi connectivity index (χ3n) is 2.98. The lowest BCUT2D eigenvalue weighted by molar-refractivity contribution is 0.523. The number of benzene rings is 1. The van der Waals surface area contributed by atoms with Gasteiger partial charge in [-0.25, -0.2) is 0 Å². The first kappa shape index (κ1) is 15.6. The highest BCUT2D eigenvalue weighted by atomic mass is 35.5. The third-order valence-corrected chi connectivity index (χ3v) is 3.72. The van der Waals surface area contributed by atoms with Crippen LogP contribution >= 0.6 is 23.2 Å². The molecule has 0 radical (unpaired) electrons. The molecule has 1 rings (SSSR count). The monoisotopic (exact) mass is 285 g/mol. The molecule has 100 valence electrons. The van der Waals surface area contributed by atoms with Crippen LogP contribution in [0.3, 0.4) is 0 Å². The molecule has 0 aliphatic rings. The second kappa shape index (κ2) is 7.83. The van der Waals surface area contributed by atoms with Crippen molar-refractivity contribution in [2.24, 2.45) is 0 Å². The van der Waals surface area contributed by atoms with Gasteiger partial charge in [0.2, 0.25) is 0 Å². The van der Waals surface area contributed by atoms with Gasteiger partial charge in [0.1, 0.15) is 0 Å². The molecule has 0 saturated carbocycles. The van der Waals surface area contributed by atoms with E-state index < -0.39 is 0 Å². The first-order valence-corrected chi connectivity index (χ1v) is 7.19. The molecule has 1 atom stereocenters. The van der Waals surface area contributed by atoms with Crippen LogP contribution in [0.15, 0.2) is 30.4 Å². The Kier molecular flexibility index (Phi) is 6.77. The molecule has 0 saturated heterocycles. The molecule has 0 amide bonds. The zero-order chi connectivity index (χ0) is 13.5. The van der Waals surface area contributed by atoms with Crippen LogP contribution in [-0.4, -0.2) is 6.54 Å². The molecule has 0 fully saturated rings. The van der Waals surface area contributed by atoms with Crippen LogP contribution in [0.25, 0.3) is 0 Å². The van der Waals surface area contributed by atoms with E-state index in [0.29, 0.717) is 10.0 Å². The minimum absolute atomic E-state index is 0.271. The van der Waals surface area contributed by atoms with Crippen molar-refractivity contribution in [1.29, 1.82) is 0 Å². The average Bonchev–Trinajstić information content (AvgIpc) is 2.37. The molecule has 0 aliphatic carbocycles. The average molecular weight is 286 g/mol. The summed E-state index contributed by atoms with van der Waals surface area (Å²) in [4.78, 5) is 0. The molecular formula is C15H21Cl2N. The fraction of sp³-hybridized carbons (Fsp3) is 0.467. The largest absolute Gasteiger partial charge is 0.310 e. The first-order chi connectivity index (χ1) is 8.58. The summed E-state index contributed by atoms with van der Waals surface area (Å²) in [5, 5.41) is 4.75. The quantitative estimate of drug-likeness (QED) is 0.662. The van der Waals surface area contributed by atoms with Crippen molar-refractivity contribution in [3.63, 3.8) is 0 Å². The van der Waals surface area contributed by atoms with Crippen molar-refractivity contribution < 1.29 is 0 Å². The van der Waals surface area contributed by atoms with Gasteiger partial charge in [0.15, 0.2) is 0 Å². The molecule has 3 heteroatoms. The lowest BCUT2D eigenvalue weighted by Gasteiger charge is -2.20. The van der Waals surface area contributed by atoms with Gasteiger partial charge in [-0.3, -0.25) is 0 Å². The number of hydrogen-bond acceptors (Lipinski definition) is 1. The van der Waals surface area contributed by atoms with Gasteiger partial charge in [0, 0.05) is 6.04 Å². The SMILES string of the molecule is C=C(CC)CC(NCCC)c1ccc(Cl)c(Cl)c1. The fourth-order valence-electron chi connectivity index (χ4n) is 1.79. The van der Waals surface area contributed by atoms with Crippen molar-refractivity contribution in [3.8, 4) is 0 Å². The first-order valence-electron chi connectivity index (χ1n) is 6.43. The van der Waals surface area contributed by atoms with Crippen LogP contribution in [0.2, 0.25) is 10.0 Å². The van der Waals surface area contributed by atoms with Gasteiger partial charge in [-0.2, -0.15) is 0 Å². The number of hydrogen-bond donors (Lipinski definition) is 1. The molecule has 1 aromatic rings. The van der Waals surface area contributed by atoms with E-state index in [-0.39, 0.29) is 6.04 Å². The van der Waals surface area contributed by atoms with E-state index in [2.05, 4.69) is 25.7 Å². The Morgan fingerprint density at radius 3 is 2.56 bits per heavy atom. The molecule has 1 nitrogen and oxygen atoms in total. The van der Waals surface area contributed by atoms with Gasteiger partial charge in [-0.05, 0) is 43.5 Å². The molecule has 0 spiro atoms. The topological polar surface area (TPSA) is 12.0 Å². The van der Waals surface area contributed by atoms with Crippen LogP contribution < -0.4 is 5.32 Å². The maximum absolute atomic E-state index is 6.08. The second-order valence-corrected chi connectivity index (χ2v) is 5.30. The minimum atomic E-state index is 0.271. The molecule has 1 N–H and O–H groups in total. The third kappa shape index (κ3) is 4.64. The number of nitrogens with one attached hydrogen (secondary N) is 1. The lowest BCUT2D eigenvalue weighted by atomic mass is 9.98. The minimum Gasteiger partial charge on any atom is -0.310 e. The molecular weight excluding hydrogens is 265 g/mol. The highest BCUT2D eigenvalue weighted by Gasteiger charge is 2.12. The van der Waals surface area contributed by atoms with E-state index >= 15 is 0 Å². The van der Waals surface area contributed by atoms with Crippen LogP contribution in [0.1, 0.15) is 44.7 Å². The van der Waals surface area contributed by atoms with Crippen molar-refractivity contribution in [3.05, 3.63) is 46.0 Å². The van der Waals surface area contributed by atoms with Crippen LogP contribution in [0, 0.1) is 0 Å². The Labute approximate surface area is 120 Å². The van der Waals surface area contributed by atoms with Crippen LogP contribution in [0.4, 0.5) is 0 Å². The second-order valence-electron chi connectivity index (χ2n) is 4.49. The van der Waals surface area contributed by atoms with Gasteiger partial charge in [0.05, 0.1) is 10.0 Å². The van der Waals surface area contributed by atoms with Crippen molar-refractivity contribution >= 4 is 23.2 Å². The number of halogens is 2. The lowest BCUT2D eigenvalue weighted by Crippen LogP contribution is -2.22. The summed E-state index contributed by atoms with van der Waals surface area (Å²) in [6, 6.07) is 6.10. The van der Waals surface area contributed by atoms with Crippen LogP contribution in [-0.2, 0) is 0 Å². The Bertz CT molecular complexity index is 401. The predicted molar refractivity (Wildman–Crippen MR) is 81.5 cm³/mol.